The Labute approximate surface area is 146 Å². The van der Waals surface area contributed by atoms with Crippen molar-refractivity contribution < 1.29 is 13.2 Å². The average molecular weight is 361 g/mol. The minimum absolute atomic E-state index is 0.0771. The molecule has 24 heavy (non-hydrogen) atoms. The maximum atomic E-state index is 13.1. The Kier molecular flexibility index (Phi) is 7.14. The van der Waals surface area contributed by atoms with E-state index in [9.17, 15) is 13.2 Å². The number of nitrogens with one attached hydrogen (secondary N) is 1. The molecule has 1 saturated heterocycles. The number of hydrogen-bond acceptors (Lipinski definition) is 2. The van der Waals surface area contributed by atoms with Crippen molar-refractivity contribution in [3.63, 3.8) is 0 Å². The van der Waals surface area contributed by atoms with Crippen LogP contribution in [0.2, 0.25) is 5.02 Å². The summed E-state index contributed by atoms with van der Waals surface area (Å²) in [6.07, 6.45) is 1.17. The van der Waals surface area contributed by atoms with E-state index in [0.29, 0.717) is 10.6 Å². The van der Waals surface area contributed by atoms with Crippen molar-refractivity contribution in [2.24, 2.45) is 0 Å². The number of hydrogen-bond donors (Lipinski definition) is 1. The van der Waals surface area contributed by atoms with Crippen molar-refractivity contribution >= 4 is 11.6 Å². The van der Waals surface area contributed by atoms with Crippen LogP contribution in [0.5, 0.6) is 0 Å². The van der Waals surface area contributed by atoms with Gasteiger partial charge in [-0.3, -0.25) is 4.90 Å². The van der Waals surface area contributed by atoms with E-state index in [1.165, 1.54) is 12.1 Å². The topological polar surface area (TPSA) is 15.3 Å². The van der Waals surface area contributed by atoms with Gasteiger partial charge < -0.3 is 5.32 Å². The van der Waals surface area contributed by atoms with Crippen LogP contribution in [0.1, 0.15) is 42.9 Å². The summed E-state index contributed by atoms with van der Waals surface area (Å²) in [7, 11) is 0. The van der Waals surface area contributed by atoms with Gasteiger partial charge in [-0.2, -0.15) is 13.2 Å². The largest absolute Gasteiger partial charge is 0.416 e. The summed E-state index contributed by atoms with van der Waals surface area (Å²) in [5.74, 6) is 0. The van der Waals surface area contributed by atoms with Crippen LogP contribution in [0.4, 0.5) is 13.2 Å². The van der Waals surface area contributed by atoms with Crippen LogP contribution >= 0.6 is 11.6 Å². The Hall–Kier alpha value is -1.04. The van der Waals surface area contributed by atoms with E-state index in [1.54, 1.807) is 0 Å². The van der Waals surface area contributed by atoms with E-state index >= 15 is 0 Å². The standard InChI is InChI=1S/C18H24ClF3N2/c1-2-3-4-5-6-17(24-11-9-23-10-12-24)15-13-14(18(20,21)22)7-8-16(15)19/h2,7-8,13,17,23H,1,3-6,9-12H2/t17-/m1/s1. The molecular weight excluding hydrogens is 337 g/mol. The zero-order valence-corrected chi connectivity index (χ0v) is 14.5. The van der Waals surface area contributed by atoms with E-state index in [4.69, 9.17) is 11.6 Å². The molecule has 1 heterocycles. The third-order valence-corrected chi connectivity index (χ3v) is 4.75. The fourth-order valence-electron chi connectivity index (χ4n) is 3.13. The second-order valence-corrected chi connectivity index (χ2v) is 6.52. The van der Waals surface area contributed by atoms with Crippen LogP contribution in [0, 0.1) is 0 Å². The molecule has 0 radical (unpaired) electrons. The molecule has 1 aliphatic heterocycles. The van der Waals surface area contributed by atoms with Crippen molar-refractivity contribution in [2.45, 2.75) is 37.9 Å². The van der Waals surface area contributed by atoms with Crippen LogP contribution in [0.25, 0.3) is 0 Å². The SMILES string of the molecule is C=CCCCC[C@H](c1cc(C(F)(F)F)ccc1Cl)N1CCNCC1. The molecule has 1 aliphatic rings. The lowest BCUT2D eigenvalue weighted by Crippen LogP contribution is -2.45. The number of benzene rings is 1. The number of rotatable bonds is 7. The lowest BCUT2D eigenvalue weighted by molar-refractivity contribution is -0.137. The minimum Gasteiger partial charge on any atom is -0.314 e. The maximum Gasteiger partial charge on any atom is 0.416 e. The molecule has 0 unspecified atom stereocenters. The Morgan fingerprint density at radius 2 is 1.96 bits per heavy atom. The van der Waals surface area contributed by atoms with Crippen molar-refractivity contribution in [2.75, 3.05) is 26.2 Å². The molecule has 1 atom stereocenters. The highest BCUT2D eigenvalue weighted by Crippen LogP contribution is 2.37. The normalized spacial score (nSPS) is 17.7. The quantitative estimate of drug-likeness (QED) is 0.540. The summed E-state index contributed by atoms with van der Waals surface area (Å²) >= 11 is 6.27. The van der Waals surface area contributed by atoms with Gasteiger partial charge in [-0.15, -0.1) is 6.58 Å². The molecule has 1 aromatic carbocycles. The fourth-order valence-corrected chi connectivity index (χ4v) is 3.37. The first-order valence-electron chi connectivity index (χ1n) is 8.36. The number of nitrogens with zero attached hydrogens (tertiary/aromatic N) is 1. The second kappa shape index (κ2) is 8.88. The molecule has 2 nitrogen and oxygen atoms in total. The van der Waals surface area contributed by atoms with Crippen LogP contribution in [0.15, 0.2) is 30.9 Å². The van der Waals surface area contributed by atoms with Gasteiger partial charge in [0.05, 0.1) is 5.56 Å². The first kappa shape index (κ1) is 19.3. The number of allylic oxidation sites excluding steroid dienone is 1. The minimum atomic E-state index is -4.35. The molecule has 1 N–H and O–H groups in total. The number of piperazine rings is 1. The van der Waals surface area contributed by atoms with Crippen molar-refractivity contribution in [3.8, 4) is 0 Å². The van der Waals surface area contributed by atoms with E-state index in [2.05, 4.69) is 16.8 Å². The molecule has 0 spiro atoms. The monoisotopic (exact) mass is 360 g/mol. The fraction of sp³-hybridized carbons (Fsp3) is 0.556. The van der Waals surface area contributed by atoms with Crippen LogP contribution in [0.3, 0.4) is 0 Å². The summed E-state index contributed by atoms with van der Waals surface area (Å²) in [5, 5.41) is 3.69. The Bertz CT molecular complexity index is 540. The molecule has 6 heteroatoms. The third kappa shape index (κ3) is 5.23. The highest BCUT2D eigenvalue weighted by Gasteiger charge is 2.32. The predicted octanol–water partition coefficient (Wildman–Crippen LogP) is 5.05. The zero-order chi connectivity index (χ0) is 17.6. The van der Waals surface area contributed by atoms with E-state index in [1.807, 2.05) is 6.08 Å². The van der Waals surface area contributed by atoms with E-state index in [0.717, 1.165) is 57.9 Å². The Morgan fingerprint density at radius 1 is 1.25 bits per heavy atom. The average Bonchev–Trinajstić information content (AvgIpc) is 2.56. The molecule has 0 bridgehead atoms. The molecule has 0 saturated carbocycles. The zero-order valence-electron chi connectivity index (χ0n) is 13.7. The first-order valence-corrected chi connectivity index (χ1v) is 8.73. The number of alkyl halides is 3. The molecular formula is C18H24ClF3N2. The van der Waals surface area contributed by atoms with Crippen LogP contribution < -0.4 is 5.32 Å². The molecule has 0 aliphatic carbocycles. The Balaban J connectivity index is 2.25. The highest BCUT2D eigenvalue weighted by molar-refractivity contribution is 6.31. The molecule has 1 fully saturated rings. The summed E-state index contributed by atoms with van der Waals surface area (Å²) in [4.78, 5) is 2.24. The summed E-state index contributed by atoms with van der Waals surface area (Å²) in [6.45, 7) is 7.04. The van der Waals surface area contributed by atoms with Crippen LogP contribution in [-0.4, -0.2) is 31.1 Å². The molecule has 0 aromatic heterocycles. The maximum absolute atomic E-state index is 13.1. The van der Waals surface area contributed by atoms with Crippen molar-refractivity contribution in [1.82, 2.24) is 10.2 Å². The van der Waals surface area contributed by atoms with Gasteiger partial charge in [0.1, 0.15) is 0 Å². The van der Waals surface area contributed by atoms with Crippen LogP contribution in [-0.2, 0) is 6.18 Å². The second-order valence-electron chi connectivity index (χ2n) is 6.11. The number of halogens is 4. The lowest BCUT2D eigenvalue weighted by atomic mass is 9.96. The predicted molar refractivity (Wildman–Crippen MR) is 92.3 cm³/mol. The Morgan fingerprint density at radius 3 is 2.58 bits per heavy atom. The third-order valence-electron chi connectivity index (χ3n) is 4.41. The van der Waals surface area contributed by atoms with Gasteiger partial charge in [-0.25, -0.2) is 0 Å². The first-order chi connectivity index (χ1) is 11.4. The van der Waals surface area contributed by atoms with Gasteiger partial charge in [0.2, 0.25) is 0 Å². The molecule has 2 rings (SSSR count). The highest BCUT2D eigenvalue weighted by atomic mass is 35.5. The van der Waals surface area contributed by atoms with Gasteiger partial charge in [0, 0.05) is 37.2 Å². The van der Waals surface area contributed by atoms with Crippen molar-refractivity contribution in [1.29, 1.82) is 0 Å². The van der Waals surface area contributed by atoms with Gasteiger partial charge in [0.15, 0.2) is 0 Å². The summed E-state index contributed by atoms with van der Waals surface area (Å²) in [5.41, 5.74) is -0.0416. The smallest absolute Gasteiger partial charge is 0.314 e. The number of unbranched alkanes of at least 4 members (excludes halogenated alkanes) is 2. The van der Waals surface area contributed by atoms with E-state index in [-0.39, 0.29) is 6.04 Å². The lowest BCUT2D eigenvalue weighted by Gasteiger charge is -2.36. The van der Waals surface area contributed by atoms with Gasteiger partial charge in [-0.1, -0.05) is 24.1 Å². The summed E-state index contributed by atoms with van der Waals surface area (Å²) < 4.78 is 39.2. The molecule has 1 aromatic rings. The van der Waals surface area contributed by atoms with Crippen molar-refractivity contribution in [3.05, 3.63) is 47.0 Å². The van der Waals surface area contributed by atoms with Gasteiger partial charge in [0.25, 0.3) is 0 Å². The van der Waals surface area contributed by atoms with Gasteiger partial charge >= 0.3 is 6.18 Å². The van der Waals surface area contributed by atoms with E-state index < -0.39 is 11.7 Å². The molecule has 0 amide bonds. The summed E-state index contributed by atoms with van der Waals surface area (Å²) in [6, 6.07) is 3.58. The van der Waals surface area contributed by atoms with Gasteiger partial charge in [-0.05, 0) is 43.0 Å². The molecule has 134 valence electrons.